The molecule has 30 heavy (non-hydrogen) atoms. The highest BCUT2D eigenvalue weighted by Gasteiger charge is 2.35. The number of hydrogen-bond donors (Lipinski definition) is 1. The molecule has 4 rings (SSSR count). The Hall–Kier alpha value is -2.74. The summed E-state index contributed by atoms with van der Waals surface area (Å²) < 4.78 is 7.80. The average Bonchev–Trinajstić information content (AvgIpc) is 3.00. The molecule has 2 aromatic rings. The number of carbonyl (C=O) groups excluding carboxylic acids is 2. The van der Waals surface area contributed by atoms with Crippen LogP contribution in [0.1, 0.15) is 48.7 Å². The third-order valence-electron chi connectivity index (χ3n) is 5.90. The lowest BCUT2D eigenvalue weighted by atomic mass is 9.87. The minimum atomic E-state index is -0.245. The molecule has 0 radical (unpaired) electrons. The Morgan fingerprint density at radius 3 is 2.73 bits per heavy atom. The first-order valence-electron chi connectivity index (χ1n) is 10.6. The molecule has 1 saturated heterocycles. The van der Waals surface area contributed by atoms with E-state index >= 15 is 0 Å². The zero-order chi connectivity index (χ0) is 21.1. The number of ether oxygens (including phenoxy) is 1. The molecule has 2 aliphatic heterocycles. The van der Waals surface area contributed by atoms with Crippen LogP contribution in [0, 0.1) is 5.92 Å². The molecule has 0 unspecified atom stereocenters. The van der Waals surface area contributed by atoms with Crippen LogP contribution in [0.2, 0.25) is 0 Å². The number of fused-ring (bicyclic) bond motifs is 1. The van der Waals surface area contributed by atoms with Crippen molar-refractivity contribution in [3.05, 3.63) is 47.5 Å². The van der Waals surface area contributed by atoms with Gasteiger partial charge in [0.15, 0.2) is 5.82 Å². The first-order chi connectivity index (χ1) is 14.4. The van der Waals surface area contributed by atoms with Crippen molar-refractivity contribution in [1.29, 1.82) is 0 Å². The SMILES string of the molecule is CC1(C)C[C@H](C(=O)N2CCc3nnc(CNC(=O)c4ccccc4)n3CC2)CCO1. The molecule has 8 heteroatoms. The standard InChI is InChI=1S/C22H29N5O3/c1-22(2)14-17(9-13-30-22)21(29)26-10-8-18-24-25-19(27(18)12-11-26)15-23-20(28)16-6-4-3-5-7-16/h3-7,17H,8-15H2,1-2H3,(H,23,28)/t17-/m1/s1. The second-order valence-electron chi connectivity index (χ2n) is 8.61. The molecule has 1 N–H and O–H groups in total. The molecule has 0 aliphatic carbocycles. The maximum absolute atomic E-state index is 13.1. The van der Waals surface area contributed by atoms with Crippen LogP contribution in [0.25, 0.3) is 0 Å². The number of amides is 2. The van der Waals surface area contributed by atoms with E-state index in [9.17, 15) is 9.59 Å². The summed E-state index contributed by atoms with van der Waals surface area (Å²) in [6, 6.07) is 9.11. The van der Waals surface area contributed by atoms with Crippen molar-refractivity contribution in [3.8, 4) is 0 Å². The van der Waals surface area contributed by atoms with Gasteiger partial charge in [-0.25, -0.2) is 0 Å². The molecule has 8 nitrogen and oxygen atoms in total. The van der Waals surface area contributed by atoms with Crippen molar-refractivity contribution in [3.63, 3.8) is 0 Å². The van der Waals surface area contributed by atoms with E-state index in [1.807, 2.05) is 41.5 Å². The van der Waals surface area contributed by atoms with Crippen LogP contribution in [-0.4, -0.2) is 56.8 Å². The molecular weight excluding hydrogens is 382 g/mol. The molecule has 1 aromatic carbocycles. The number of rotatable bonds is 4. The van der Waals surface area contributed by atoms with Crippen LogP contribution in [0.5, 0.6) is 0 Å². The van der Waals surface area contributed by atoms with Gasteiger partial charge in [0.1, 0.15) is 5.82 Å². The Labute approximate surface area is 176 Å². The monoisotopic (exact) mass is 411 g/mol. The topological polar surface area (TPSA) is 89.4 Å². The second kappa shape index (κ2) is 8.55. The highest BCUT2D eigenvalue weighted by atomic mass is 16.5. The van der Waals surface area contributed by atoms with E-state index in [1.165, 1.54) is 0 Å². The van der Waals surface area contributed by atoms with Crippen molar-refractivity contribution in [2.75, 3.05) is 19.7 Å². The summed E-state index contributed by atoms with van der Waals surface area (Å²) in [5.41, 5.74) is 0.370. The van der Waals surface area contributed by atoms with Crippen LogP contribution in [-0.2, 0) is 29.0 Å². The second-order valence-corrected chi connectivity index (χ2v) is 8.61. The van der Waals surface area contributed by atoms with E-state index in [1.54, 1.807) is 12.1 Å². The Balaban J connectivity index is 1.37. The lowest BCUT2D eigenvalue weighted by Gasteiger charge is -2.36. The maximum atomic E-state index is 13.1. The van der Waals surface area contributed by atoms with Crippen LogP contribution in [0.4, 0.5) is 0 Å². The number of nitrogens with one attached hydrogen (secondary N) is 1. The van der Waals surface area contributed by atoms with Crippen molar-refractivity contribution in [2.45, 2.75) is 51.8 Å². The number of carbonyl (C=O) groups is 2. The zero-order valence-corrected chi connectivity index (χ0v) is 17.6. The van der Waals surface area contributed by atoms with Crippen LogP contribution < -0.4 is 5.32 Å². The van der Waals surface area contributed by atoms with Gasteiger partial charge in [0.25, 0.3) is 5.91 Å². The van der Waals surface area contributed by atoms with Gasteiger partial charge < -0.3 is 19.5 Å². The van der Waals surface area contributed by atoms with E-state index in [4.69, 9.17) is 4.74 Å². The van der Waals surface area contributed by atoms with Gasteiger partial charge in [-0.05, 0) is 38.8 Å². The normalized spacial score (nSPS) is 20.9. The molecule has 1 atom stereocenters. The lowest BCUT2D eigenvalue weighted by molar-refractivity contribution is -0.145. The summed E-state index contributed by atoms with van der Waals surface area (Å²) in [6.45, 7) is 6.94. The van der Waals surface area contributed by atoms with Gasteiger partial charge >= 0.3 is 0 Å². The van der Waals surface area contributed by atoms with E-state index in [0.29, 0.717) is 44.8 Å². The fourth-order valence-electron chi connectivity index (χ4n) is 4.29. The summed E-state index contributed by atoms with van der Waals surface area (Å²) in [7, 11) is 0. The number of aromatic nitrogens is 3. The summed E-state index contributed by atoms with van der Waals surface area (Å²) in [6.07, 6.45) is 2.20. The molecule has 3 heterocycles. The van der Waals surface area contributed by atoms with E-state index in [-0.39, 0.29) is 23.3 Å². The van der Waals surface area contributed by atoms with Crippen molar-refractivity contribution < 1.29 is 14.3 Å². The van der Waals surface area contributed by atoms with Crippen molar-refractivity contribution in [1.82, 2.24) is 25.0 Å². The van der Waals surface area contributed by atoms with Crippen molar-refractivity contribution in [2.24, 2.45) is 5.92 Å². The summed E-state index contributed by atoms with van der Waals surface area (Å²) in [5, 5.41) is 11.5. The predicted octanol–water partition coefficient (Wildman–Crippen LogP) is 1.80. The van der Waals surface area contributed by atoms with Crippen LogP contribution >= 0.6 is 0 Å². The maximum Gasteiger partial charge on any atom is 0.251 e. The fourth-order valence-corrected chi connectivity index (χ4v) is 4.29. The quantitative estimate of drug-likeness (QED) is 0.829. The zero-order valence-electron chi connectivity index (χ0n) is 17.6. The van der Waals surface area contributed by atoms with Crippen LogP contribution in [0.15, 0.2) is 30.3 Å². The summed E-state index contributed by atoms with van der Waals surface area (Å²) >= 11 is 0. The molecule has 2 amide bonds. The molecule has 2 aliphatic rings. The predicted molar refractivity (Wildman–Crippen MR) is 111 cm³/mol. The molecule has 1 fully saturated rings. The molecule has 0 bridgehead atoms. The molecular formula is C22H29N5O3. The number of benzene rings is 1. The molecule has 1 aromatic heterocycles. The largest absolute Gasteiger partial charge is 0.376 e. The summed E-state index contributed by atoms with van der Waals surface area (Å²) in [4.78, 5) is 27.4. The van der Waals surface area contributed by atoms with Gasteiger partial charge in [-0.3, -0.25) is 9.59 Å². The van der Waals surface area contributed by atoms with Gasteiger partial charge in [-0.2, -0.15) is 0 Å². The number of nitrogens with zero attached hydrogens (tertiary/aromatic N) is 4. The highest BCUT2D eigenvalue weighted by Crippen LogP contribution is 2.30. The van der Waals surface area contributed by atoms with Gasteiger partial charge in [0, 0.05) is 44.1 Å². The smallest absolute Gasteiger partial charge is 0.251 e. The first-order valence-corrected chi connectivity index (χ1v) is 10.6. The number of hydrogen-bond acceptors (Lipinski definition) is 5. The van der Waals surface area contributed by atoms with E-state index in [2.05, 4.69) is 15.5 Å². The third-order valence-corrected chi connectivity index (χ3v) is 5.90. The minimum absolute atomic E-state index is 0.0157. The van der Waals surface area contributed by atoms with Gasteiger partial charge in [0.05, 0.1) is 12.1 Å². The Bertz CT molecular complexity index is 909. The molecule has 0 saturated carbocycles. The van der Waals surface area contributed by atoms with E-state index < -0.39 is 0 Å². The summed E-state index contributed by atoms with van der Waals surface area (Å²) in [5.74, 6) is 1.67. The minimum Gasteiger partial charge on any atom is -0.376 e. The Morgan fingerprint density at radius 2 is 1.97 bits per heavy atom. The average molecular weight is 412 g/mol. The fraction of sp³-hybridized carbons (Fsp3) is 0.545. The Morgan fingerprint density at radius 1 is 1.17 bits per heavy atom. The lowest BCUT2D eigenvalue weighted by Crippen LogP contribution is -2.44. The van der Waals surface area contributed by atoms with Gasteiger partial charge in [-0.15, -0.1) is 10.2 Å². The van der Waals surface area contributed by atoms with Crippen LogP contribution in [0.3, 0.4) is 0 Å². The molecule has 0 spiro atoms. The Kier molecular flexibility index (Phi) is 5.85. The third kappa shape index (κ3) is 4.53. The van der Waals surface area contributed by atoms with Gasteiger partial charge in [0.2, 0.25) is 5.91 Å². The first kappa shape index (κ1) is 20.5. The molecule has 160 valence electrons. The highest BCUT2D eigenvalue weighted by molar-refractivity contribution is 5.94. The van der Waals surface area contributed by atoms with E-state index in [0.717, 1.165) is 24.5 Å². The van der Waals surface area contributed by atoms with Gasteiger partial charge in [-0.1, -0.05) is 18.2 Å². The van der Waals surface area contributed by atoms with Crippen molar-refractivity contribution >= 4 is 11.8 Å².